The first-order valence-corrected chi connectivity index (χ1v) is 5.05. The van der Waals surface area contributed by atoms with E-state index in [1.54, 1.807) is 6.08 Å². The molecule has 0 fully saturated rings. The summed E-state index contributed by atoms with van der Waals surface area (Å²) >= 11 is 0. The minimum absolute atomic E-state index is 0.926. The van der Waals surface area contributed by atoms with Gasteiger partial charge in [0.15, 0.2) is 0 Å². The van der Waals surface area contributed by atoms with Gasteiger partial charge in [-0.05, 0) is 18.6 Å². The minimum atomic E-state index is -0.926. The summed E-state index contributed by atoms with van der Waals surface area (Å²) < 4.78 is 2.02. The second kappa shape index (κ2) is 3.85. The van der Waals surface area contributed by atoms with Gasteiger partial charge in [-0.3, -0.25) is 0 Å². The first-order valence-electron chi connectivity index (χ1n) is 5.05. The molecular weight excluding hydrogens is 202 g/mol. The van der Waals surface area contributed by atoms with Crippen LogP contribution in [0.25, 0.3) is 17.0 Å². The molecule has 2 rings (SSSR count). The van der Waals surface area contributed by atoms with Crippen molar-refractivity contribution in [1.29, 1.82) is 0 Å². The fourth-order valence-corrected chi connectivity index (χ4v) is 2.00. The largest absolute Gasteiger partial charge is 0.478 e. The summed E-state index contributed by atoms with van der Waals surface area (Å²) in [4.78, 5) is 10.5. The van der Waals surface area contributed by atoms with Crippen molar-refractivity contribution in [3.8, 4) is 0 Å². The quantitative estimate of drug-likeness (QED) is 0.782. The Labute approximate surface area is 93.6 Å². The van der Waals surface area contributed by atoms with Crippen LogP contribution in [0, 0.1) is 6.92 Å². The van der Waals surface area contributed by atoms with Crippen LogP contribution in [0.2, 0.25) is 0 Å². The lowest BCUT2D eigenvalue weighted by Gasteiger charge is -1.99. The van der Waals surface area contributed by atoms with Gasteiger partial charge >= 0.3 is 5.97 Å². The zero-order chi connectivity index (χ0) is 11.7. The van der Waals surface area contributed by atoms with E-state index in [4.69, 9.17) is 5.11 Å². The van der Waals surface area contributed by atoms with E-state index in [2.05, 4.69) is 0 Å². The summed E-state index contributed by atoms with van der Waals surface area (Å²) in [6, 6.07) is 6.03. The number of fused-ring (bicyclic) bond motifs is 1. The molecule has 0 unspecified atom stereocenters. The van der Waals surface area contributed by atoms with Gasteiger partial charge in [0.25, 0.3) is 0 Å². The van der Waals surface area contributed by atoms with Crippen molar-refractivity contribution in [3.63, 3.8) is 0 Å². The van der Waals surface area contributed by atoms with Crippen molar-refractivity contribution in [2.45, 2.75) is 6.92 Å². The van der Waals surface area contributed by atoms with E-state index in [9.17, 15) is 4.79 Å². The van der Waals surface area contributed by atoms with E-state index in [-0.39, 0.29) is 0 Å². The molecule has 0 aliphatic heterocycles. The number of carbonyl (C=O) groups is 1. The van der Waals surface area contributed by atoms with Gasteiger partial charge in [-0.1, -0.05) is 18.2 Å². The van der Waals surface area contributed by atoms with E-state index in [1.807, 2.05) is 42.9 Å². The Bertz CT molecular complexity index is 579. The number of hydrogen-bond acceptors (Lipinski definition) is 1. The highest BCUT2D eigenvalue weighted by molar-refractivity contribution is 5.94. The first-order chi connectivity index (χ1) is 7.59. The summed E-state index contributed by atoms with van der Waals surface area (Å²) in [5.41, 5.74) is 3.27. The Morgan fingerprint density at radius 2 is 2.19 bits per heavy atom. The van der Waals surface area contributed by atoms with Gasteiger partial charge in [-0.2, -0.15) is 0 Å². The van der Waals surface area contributed by atoms with Gasteiger partial charge in [0, 0.05) is 30.3 Å². The summed E-state index contributed by atoms with van der Waals surface area (Å²) in [5, 5.41) is 9.70. The molecule has 16 heavy (non-hydrogen) atoms. The third kappa shape index (κ3) is 1.72. The highest BCUT2D eigenvalue weighted by Crippen LogP contribution is 2.24. The maximum absolute atomic E-state index is 10.5. The zero-order valence-electron chi connectivity index (χ0n) is 9.27. The number of carboxylic acids is 1. The van der Waals surface area contributed by atoms with Crippen LogP contribution >= 0.6 is 0 Å². The number of benzene rings is 1. The maximum Gasteiger partial charge on any atom is 0.328 e. The number of aliphatic carboxylic acids is 1. The Hall–Kier alpha value is -2.03. The fraction of sp³-hybridized carbons (Fsp3) is 0.154. The van der Waals surface area contributed by atoms with Crippen LogP contribution in [0.1, 0.15) is 11.1 Å². The third-order valence-corrected chi connectivity index (χ3v) is 2.64. The fourth-order valence-electron chi connectivity index (χ4n) is 2.00. The lowest BCUT2D eigenvalue weighted by Crippen LogP contribution is -1.86. The molecule has 0 saturated carbocycles. The molecule has 0 amide bonds. The molecule has 0 bridgehead atoms. The van der Waals surface area contributed by atoms with Crippen LogP contribution in [0.4, 0.5) is 0 Å². The number of nitrogens with zero attached hydrogens (tertiary/aromatic N) is 1. The molecule has 0 aliphatic carbocycles. The van der Waals surface area contributed by atoms with Crippen molar-refractivity contribution in [1.82, 2.24) is 4.57 Å². The molecule has 0 aliphatic rings. The molecule has 0 radical (unpaired) electrons. The normalized spacial score (nSPS) is 11.4. The van der Waals surface area contributed by atoms with Crippen molar-refractivity contribution >= 4 is 22.9 Å². The van der Waals surface area contributed by atoms with Crippen LogP contribution < -0.4 is 0 Å². The average molecular weight is 215 g/mol. The molecule has 1 heterocycles. The molecule has 0 saturated heterocycles. The SMILES string of the molecule is Cc1cccc2c(/C=C/C(=O)O)cn(C)c12. The van der Waals surface area contributed by atoms with Crippen molar-refractivity contribution < 1.29 is 9.90 Å². The summed E-state index contributed by atoms with van der Waals surface area (Å²) in [6.45, 7) is 2.05. The monoisotopic (exact) mass is 215 g/mol. The Morgan fingerprint density at radius 1 is 1.44 bits per heavy atom. The lowest BCUT2D eigenvalue weighted by atomic mass is 10.1. The zero-order valence-corrected chi connectivity index (χ0v) is 9.27. The number of aryl methyl sites for hydroxylation is 2. The molecule has 0 atom stereocenters. The number of para-hydroxylation sites is 1. The molecule has 82 valence electrons. The highest BCUT2D eigenvalue weighted by atomic mass is 16.4. The van der Waals surface area contributed by atoms with Gasteiger partial charge in [0.1, 0.15) is 0 Å². The topological polar surface area (TPSA) is 42.2 Å². The molecule has 1 aromatic carbocycles. The summed E-state index contributed by atoms with van der Waals surface area (Å²) in [6.07, 6.45) is 4.73. The van der Waals surface area contributed by atoms with Crippen LogP contribution in [0.5, 0.6) is 0 Å². The minimum Gasteiger partial charge on any atom is -0.478 e. The predicted molar refractivity (Wildman–Crippen MR) is 64.3 cm³/mol. The average Bonchev–Trinajstić information content (AvgIpc) is 2.54. The predicted octanol–water partition coefficient (Wildman–Crippen LogP) is 2.58. The number of aromatic nitrogens is 1. The van der Waals surface area contributed by atoms with E-state index in [0.29, 0.717) is 0 Å². The van der Waals surface area contributed by atoms with Crippen LogP contribution in [-0.2, 0) is 11.8 Å². The van der Waals surface area contributed by atoms with E-state index in [1.165, 1.54) is 5.56 Å². The highest BCUT2D eigenvalue weighted by Gasteiger charge is 2.05. The van der Waals surface area contributed by atoms with E-state index in [0.717, 1.165) is 22.5 Å². The molecule has 0 spiro atoms. The summed E-state index contributed by atoms with van der Waals surface area (Å²) in [7, 11) is 1.97. The second-order valence-corrected chi connectivity index (χ2v) is 3.84. The Balaban J connectivity index is 2.64. The van der Waals surface area contributed by atoms with Gasteiger partial charge < -0.3 is 9.67 Å². The van der Waals surface area contributed by atoms with Gasteiger partial charge in [-0.25, -0.2) is 4.79 Å². The molecule has 3 nitrogen and oxygen atoms in total. The van der Waals surface area contributed by atoms with Crippen molar-refractivity contribution in [2.24, 2.45) is 7.05 Å². The molecule has 1 aromatic heterocycles. The maximum atomic E-state index is 10.5. The molecule has 1 N–H and O–H groups in total. The van der Waals surface area contributed by atoms with Gasteiger partial charge in [0.2, 0.25) is 0 Å². The smallest absolute Gasteiger partial charge is 0.328 e. The molecule has 3 heteroatoms. The Kier molecular flexibility index (Phi) is 2.52. The standard InChI is InChI=1S/C13H13NO2/c1-9-4-3-5-11-10(6-7-12(15)16)8-14(2)13(9)11/h3-8H,1-2H3,(H,15,16)/b7-6+. The van der Waals surface area contributed by atoms with Crippen molar-refractivity contribution in [3.05, 3.63) is 41.6 Å². The van der Waals surface area contributed by atoms with E-state index < -0.39 is 5.97 Å². The Morgan fingerprint density at radius 3 is 2.88 bits per heavy atom. The van der Waals surface area contributed by atoms with E-state index >= 15 is 0 Å². The molecular formula is C13H13NO2. The van der Waals surface area contributed by atoms with Crippen LogP contribution in [-0.4, -0.2) is 15.6 Å². The number of carboxylic acid groups (broad SMARTS) is 1. The number of hydrogen-bond donors (Lipinski definition) is 1. The van der Waals surface area contributed by atoms with Crippen molar-refractivity contribution in [2.75, 3.05) is 0 Å². The third-order valence-electron chi connectivity index (χ3n) is 2.64. The molecule has 2 aromatic rings. The van der Waals surface area contributed by atoms with Crippen LogP contribution in [0.15, 0.2) is 30.5 Å². The number of rotatable bonds is 2. The van der Waals surface area contributed by atoms with Gasteiger partial charge in [0.05, 0.1) is 5.52 Å². The van der Waals surface area contributed by atoms with Gasteiger partial charge in [-0.15, -0.1) is 0 Å². The summed E-state index contributed by atoms with van der Waals surface area (Å²) in [5.74, 6) is -0.926. The first kappa shape index (κ1) is 10.5. The lowest BCUT2D eigenvalue weighted by molar-refractivity contribution is -0.131. The second-order valence-electron chi connectivity index (χ2n) is 3.84. The van der Waals surface area contributed by atoms with Crippen LogP contribution in [0.3, 0.4) is 0 Å².